The molecule has 1 aromatic heterocycles. The van der Waals surface area contributed by atoms with Gasteiger partial charge in [0.15, 0.2) is 6.73 Å². The first-order valence-electron chi connectivity index (χ1n) is 5.14. The zero-order valence-corrected chi connectivity index (χ0v) is 9.23. The minimum absolute atomic E-state index is 0.00174. The predicted octanol–water partition coefficient (Wildman–Crippen LogP) is -0.244. The molecule has 2 N–H and O–H groups in total. The summed E-state index contributed by atoms with van der Waals surface area (Å²) in [4.78, 5) is 13.5. The molecule has 0 aliphatic carbocycles. The maximum Gasteiger partial charge on any atom is 0.436 e. The standard InChI is InChI=1S/C9H15N3O5/c13-4-1-8(5-14)6-17-7-11-3-2-10-9(11)12(15)16/h2-3,8,13-14H,1,4-7H2. The fraction of sp³-hybridized carbons (Fsp3) is 0.667. The fourth-order valence-corrected chi connectivity index (χ4v) is 1.30. The third-order valence-electron chi connectivity index (χ3n) is 2.24. The van der Waals surface area contributed by atoms with E-state index in [2.05, 4.69) is 4.98 Å². The van der Waals surface area contributed by atoms with Gasteiger partial charge in [0.2, 0.25) is 0 Å². The second-order valence-corrected chi connectivity index (χ2v) is 3.51. The van der Waals surface area contributed by atoms with E-state index >= 15 is 0 Å². The van der Waals surface area contributed by atoms with E-state index in [1.165, 1.54) is 17.0 Å². The van der Waals surface area contributed by atoms with Crippen molar-refractivity contribution < 1.29 is 19.9 Å². The van der Waals surface area contributed by atoms with Crippen LogP contribution in [0.3, 0.4) is 0 Å². The smallest absolute Gasteiger partial charge is 0.396 e. The van der Waals surface area contributed by atoms with Crippen molar-refractivity contribution in [3.8, 4) is 0 Å². The number of aromatic nitrogens is 2. The highest BCUT2D eigenvalue weighted by atomic mass is 16.6. The van der Waals surface area contributed by atoms with Crippen molar-refractivity contribution in [2.24, 2.45) is 5.92 Å². The molecule has 0 saturated carbocycles. The lowest BCUT2D eigenvalue weighted by molar-refractivity contribution is -0.397. The lowest BCUT2D eigenvalue weighted by Crippen LogP contribution is -2.17. The first-order chi connectivity index (χ1) is 8.19. The highest BCUT2D eigenvalue weighted by Crippen LogP contribution is 2.08. The molecule has 0 bridgehead atoms. The monoisotopic (exact) mass is 245 g/mol. The van der Waals surface area contributed by atoms with E-state index in [4.69, 9.17) is 14.9 Å². The molecule has 8 heteroatoms. The number of nitro groups is 1. The third-order valence-corrected chi connectivity index (χ3v) is 2.24. The summed E-state index contributed by atoms with van der Waals surface area (Å²) in [5, 5.41) is 28.2. The van der Waals surface area contributed by atoms with Crippen molar-refractivity contribution in [3.63, 3.8) is 0 Å². The fourth-order valence-electron chi connectivity index (χ4n) is 1.30. The van der Waals surface area contributed by atoms with Gasteiger partial charge in [-0.3, -0.25) is 0 Å². The van der Waals surface area contributed by atoms with Gasteiger partial charge in [-0.1, -0.05) is 4.98 Å². The summed E-state index contributed by atoms with van der Waals surface area (Å²) in [5.74, 6) is -0.449. The van der Waals surface area contributed by atoms with Crippen molar-refractivity contribution in [1.29, 1.82) is 0 Å². The molecule has 96 valence electrons. The maximum absolute atomic E-state index is 10.5. The van der Waals surface area contributed by atoms with Gasteiger partial charge in [0, 0.05) is 19.1 Å². The summed E-state index contributed by atoms with van der Waals surface area (Å²) in [5.41, 5.74) is 0. The molecule has 0 aliphatic heterocycles. The Labute approximate surface area is 97.6 Å². The van der Waals surface area contributed by atoms with E-state index in [-0.39, 0.29) is 38.4 Å². The van der Waals surface area contributed by atoms with Gasteiger partial charge in [-0.2, -0.15) is 0 Å². The van der Waals surface area contributed by atoms with Crippen molar-refractivity contribution in [1.82, 2.24) is 9.55 Å². The highest BCUT2D eigenvalue weighted by Gasteiger charge is 2.14. The summed E-state index contributed by atoms with van der Waals surface area (Å²) in [6.45, 7) is 0.108. The molecule has 17 heavy (non-hydrogen) atoms. The molecular formula is C9H15N3O5. The van der Waals surface area contributed by atoms with Gasteiger partial charge in [-0.15, -0.1) is 0 Å². The Morgan fingerprint density at radius 1 is 1.59 bits per heavy atom. The molecule has 0 radical (unpaired) electrons. The Morgan fingerprint density at radius 3 is 2.94 bits per heavy atom. The van der Waals surface area contributed by atoms with E-state index in [1.807, 2.05) is 0 Å². The number of hydrogen-bond donors (Lipinski definition) is 2. The third kappa shape index (κ3) is 4.10. The van der Waals surface area contributed by atoms with Crippen molar-refractivity contribution in [2.45, 2.75) is 13.2 Å². The number of imidazole rings is 1. The average molecular weight is 245 g/mol. The number of rotatable bonds is 8. The van der Waals surface area contributed by atoms with Crippen LogP contribution in [0.15, 0.2) is 12.4 Å². The number of aliphatic hydroxyl groups excluding tert-OH is 2. The van der Waals surface area contributed by atoms with Gasteiger partial charge >= 0.3 is 5.95 Å². The Bertz CT molecular complexity index is 354. The van der Waals surface area contributed by atoms with E-state index in [9.17, 15) is 10.1 Å². The van der Waals surface area contributed by atoms with Gasteiger partial charge in [0.05, 0.1) is 6.61 Å². The molecule has 1 heterocycles. The summed E-state index contributed by atoms with van der Waals surface area (Å²) in [6.07, 6.45) is 3.19. The Kier molecular flexibility index (Phi) is 5.53. The van der Waals surface area contributed by atoms with Crippen molar-refractivity contribution in [2.75, 3.05) is 19.8 Å². The summed E-state index contributed by atoms with van der Waals surface area (Å²) in [7, 11) is 0. The van der Waals surface area contributed by atoms with Crippen molar-refractivity contribution in [3.05, 3.63) is 22.5 Å². The zero-order valence-electron chi connectivity index (χ0n) is 9.23. The predicted molar refractivity (Wildman–Crippen MR) is 57.1 cm³/mol. The van der Waals surface area contributed by atoms with Gasteiger partial charge in [0.1, 0.15) is 12.4 Å². The molecule has 0 fully saturated rings. The van der Waals surface area contributed by atoms with Crippen LogP contribution >= 0.6 is 0 Å². The minimum Gasteiger partial charge on any atom is -0.396 e. The molecule has 0 spiro atoms. The lowest BCUT2D eigenvalue weighted by atomic mass is 10.1. The number of aliphatic hydroxyl groups is 2. The first kappa shape index (κ1) is 13.6. The molecule has 0 aromatic carbocycles. The van der Waals surface area contributed by atoms with Gasteiger partial charge in [-0.25, -0.2) is 4.57 Å². The van der Waals surface area contributed by atoms with Crippen LogP contribution in [-0.2, 0) is 11.5 Å². The van der Waals surface area contributed by atoms with Crippen LogP contribution in [0.5, 0.6) is 0 Å². The second kappa shape index (κ2) is 6.94. The Balaban J connectivity index is 2.39. The van der Waals surface area contributed by atoms with Crippen LogP contribution in [0, 0.1) is 16.0 Å². The summed E-state index contributed by atoms with van der Waals surface area (Å²) >= 11 is 0. The molecule has 8 nitrogen and oxygen atoms in total. The molecular weight excluding hydrogens is 230 g/mol. The second-order valence-electron chi connectivity index (χ2n) is 3.51. The van der Waals surface area contributed by atoms with E-state index in [0.29, 0.717) is 6.42 Å². The van der Waals surface area contributed by atoms with Crippen LogP contribution < -0.4 is 0 Å². The minimum atomic E-state index is -0.597. The summed E-state index contributed by atoms with van der Waals surface area (Å²) < 4.78 is 6.48. The molecule has 0 saturated heterocycles. The molecule has 1 unspecified atom stereocenters. The topological polar surface area (TPSA) is 111 Å². The molecule has 1 atom stereocenters. The number of ether oxygens (including phenoxy) is 1. The highest BCUT2D eigenvalue weighted by molar-refractivity contribution is 5.05. The van der Waals surface area contributed by atoms with Crippen LogP contribution in [-0.4, -0.2) is 44.5 Å². The van der Waals surface area contributed by atoms with Gasteiger partial charge in [0.25, 0.3) is 0 Å². The summed E-state index contributed by atoms with van der Waals surface area (Å²) in [6, 6.07) is 0. The Hall–Kier alpha value is -1.51. The van der Waals surface area contributed by atoms with Crippen molar-refractivity contribution >= 4 is 5.95 Å². The van der Waals surface area contributed by atoms with Crippen LogP contribution in [0.2, 0.25) is 0 Å². The quantitative estimate of drug-likeness (QED) is 0.483. The molecule has 0 aliphatic rings. The van der Waals surface area contributed by atoms with Gasteiger partial charge in [-0.05, 0) is 11.3 Å². The normalized spacial score (nSPS) is 12.6. The average Bonchev–Trinajstić information content (AvgIpc) is 2.76. The van der Waals surface area contributed by atoms with E-state index in [1.54, 1.807) is 0 Å². The lowest BCUT2D eigenvalue weighted by Gasteiger charge is -2.12. The van der Waals surface area contributed by atoms with Crippen LogP contribution in [0.1, 0.15) is 6.42 Å². The van der Waals surface area contributed by atoms with Crippen LogP contribution in [0.25, 0.3) is 0 Å². The van der Waals surface area contributed by atoms with Gasteiger partial charge < -0.3 is 25.1 Å². The number of hydrogen-bond acceptors (Lipinski definition) is 6. The first-order valence-corrected chi connectivity index (χ1v) is 5.14. The SMILES string of the molecule is O=[N+]([O-])c1nccn1COCC(CO)CCO. The zero-order chi connectivity index (χ0) is 12.7. The van der Waals surface area contributed by atoms with E-state index < -0.39 is 4.92 Å². The molecule has 1 rings (SSSR count). The number of nitrogens with zero attached hydrogens (tertiary/aromatic N) is 3. The molecule has 1 aromatic rings. The Morgan fingerprint density at radius 2 is 2.35 bits per heavy atom. The maximum atomic E-state index is 10.5. The molecule has 0 amide bonds. The van der Waals surface area contributed by atoms with Crippen LogP contribution in [0.4, 0.5) is 5.95 Å². The largest absolute Gasteiger partial charge is 0.436 e. The van der Waals surface area contributed by atoms with E-state index in [0.717, 1.165) is 0 Å².